The molecule has 0 aliphatic rings. The molecule has 0 radical (unpaired) electrons. The molecule has 0 aromatic heterocycles. The average Bonchev–Trinajstić information content (AvgIpc) is 2.11. The number of halogens is 1. The van der Waals surface area contributed by atoms with E-state index >= 15 is 0 Å². The standard InChI is InChI=1S/C8H16ClN3O/c1-3-7(4-8(10)12-13)11-5-6(2)9/h7,11,13H,2-5H2,1H3,(H2,10,12). The van der Waals surface area contributed by atoms with Crippen LogP contribution >= 0.6 is 11.6 Å². The van der Waals surface area contributed by atoms with Crippen molar-refractivity contribution in [1.29, 1.82) is 0 Å². The Labute approximate surface area is 83.4 Å². The van der Waals surface area contributed by atoms with E-state index in [4.69, 9.17) is 22.5 Å². The zero-order chi connectivity index (χ0) is 10.3. The van der Waals surface area contributed by atoms with Crippen molar-refractivity contribution in [2.45, 2.75) is 25.8 Å². The van der Waals surface area contributed by atoms with E-state index in [0.717, 1.165) is 6.42 Å². The SMILES string of the molecule is C=C(Cl)CNC(CC)CC(N)=NO. The van der Waals surface area contributed by atoms with E-state index in [-0.39, 0.29) is 11.9 Å². The van der Waals surface area contributed by atoms with Crippen molar-refractivity contribution in [3.05, 3.63) is 11.6 Å². The monoisotopic (exact) mass is 205 g/mol. The summed E-state index contributed by atoms with van der Waals surface area (Å²) in [4.78, 5) is 0. The minimum absolute atomic E-state index is 0.173. The van der Waals surface area contributed by atoms with Gasteiger partial charge < -0.3 is 16.3 Å². The van der Waals surface area contributed by atoms with Gasteiger partial charge in [-0.05, 0) is 6.42 Å². The molecule has 0 amide bonds. The molecule has 13 heavy (non-hydrogen) atoms. The smallest absolute Gasteiger partial charge is 0.140 e. The molecule has 0 spiro atoms. The van der Waals surface area contributed by atoms with Crippen molar-refractivity contribution in [2.75, 3.05) is 6.54 Å². The number of rotatable bonds is 6. The molecule has 0 bridgehead atoms. The summed E-state index contributed by atoms with van der Waals surface area (Å²) >= 11 is 5.58. The van der Waals surface area contributed by atoms with E-state index in [9.17, 15) is 0 Å². The Balaban J connectivity index is 3.82. The highest BCUT2D eigenvalue weighted by atomic mass is 35.5. The first-order valence-corrected chi connectivity index (χ1v) is 4.51. The molecule has 5 heteroatoms. The van der Waals surface area contributed by atoms with Gasteiger partial charge in [0.25, 0.3) is 0 Å². The third-order valence-electron chi connectivity index (χ3n) is 1.66. The lowest BCUT2D eigenvalue weighted by Gasteiger charge is -2.15. The van der Waals surface area contributed by atoms with Gasteiger partial charge in [0.2, 0.25) is 0 Å². The van der Waals surface area contributed by atoms with Crippen molar-refractivity contribution in [3.63, 3.8) is 0 Å². The van der Waals surface area contributed by atoms with Crippen LogP contribution in [0.1, 0.15) is 19.8 Å². The van der Waals surface area contributed by atoms with Crippen molar-refractivity contribution in [2.24, 2.45) is 10.9 Å². The van der Waals surface area contributed by atoms with E-state index in [2.05, 4.69) is 17.1 Å². The third-order valence-corrected chi connectivity index (χ3v) is 1.79. The fraction of sp³-hybridized carbons (Fsp3) is 0.625. The molecule has 1 unspecified atom stereocenters. The molecule has 0 saturated carbocycles. The van der Waals surface area contributed by atoms with E-state index in [1.54, 1.807) is 0 Å². The van der Waals surface area contributed by atoms with E-state index in [1.165, 1.54) is 0 Å². The second-order valence-electron chi connectivity index (χ2n) is 2.80. The number of hydrogen-bond donors (Lipinski definition) is 3. The van der Waals surface area contributed by atoms with Crippen molar-refractivity contribution < 1.29 is 5.21 Å². The number of hydrogen-bond acceptors (Lipinski definition) is 3. The average molecular weight is 206 g/mol. The van der Waals surface area contributed by atoms with Crippen LogP contribution in [0.5, 0.6) is 0 Å². The maximum atomic E-state index is 8.35. The molecule has 4 nitrogen and oxygen atoms in total. The molecule has 0 aromatic carbocycles. The van der Waals surface area contributed by atoms with Crippen LogP contribution < -0.4 is 11.1 Å². The maximum absolute atomic E-state index is 8.35. The van der Waals surface area contributed by atoms with Gasteiger partial charge in [-0.3, -0.25) is 0 Å². The minimum Gasteiger partial charge on any atom is -0.409 e. The largest absolute Gasteiger partial charge is 0.409 e. The molecule has 0 fully saturated rings. The summed E-state index contributed by atoms with van der Waals surface area (Å²) in [6, 6.07) is 0.173. The van der Waals surface area contributed by atoms with Crippen LogP contribution in [0.4, 0.5) is 0 Å². The summed E-state index contributed by atoms with van der Waals surface area (Å²) in [6.07, 6.45) is 1.40. The van der Waals surface area contributed by atoms with E-state index in [0.29, 0.717) is 18.0 Å². The number of amidine groups is 1. The fourth-order valence-electron chi connectivity index (χ4n) is 0.909. The first-order chi connectivity index (χ1) is 6.10. The zero-order valence-corrected chi connectivity index (χ0v) is 8.51. The Morgan fingerprint density at radius 1 is 1.77 bits per heavy atom. The molecule has 0 rings (SSSR count). The van der Waals surface area contributed by atoms with Gasteiger partial charge in [0, 0.05) is 24.0 Å². The number of nitrogens with one attached hydrogen (secondary N) is 1. The lowest BCUT2D eigenvalue weighted by atomic mass is 10.1. The molecule has 1 atom stereocenters. The topological polar surface area (TPSA) is 70.6 Å². The Bertz CT molecular complexity index is 194. The lowest BCUT2D eigenvalue weighted by molar-refractivity contribution is 0.315. The molecule has 0 heterocycles. The van der Waals surface area contributed by atoms with Crippen molar-refractivity contribution in [3.8, 4) is 0 Å². The van der Waals surface area contributed by atoms with Crippen LogP contribution in [-0.2, 0) is 0 Å². The maximum Gasteiger partial charge on any atom is 0.140 e. The van der Waals surface area contributed by atoms with Gasteiger partial charge in [-0.15, -0.1) is 0 Å². The predicted octanol–water partition coefficient (Wildman–Crippen LogP) is 1.24. The third kappa shape index (κ3) is 6.42. The van der Waals surface area contributed by atoms with Crippen LogP contribution in [0, 0.1) is 0 Å². The Hall–Kier alpha value is -0.740. The van der Waals surface area contributed by atoms with E-state index in [1.807, 2.05) is 6.92 Å². The zero-order valence-electron chi connectivity index (χ0n) is 7.76. The molecule has 0 saturated heterocycles. The highest BCUT2D eigenvalue weighted by Crippen LogP contribution is 2.00. The molecular formula is C8H16ClN3O. The summed E-state index contributed by atoms with van der Waals surface area (Å²) in [5, 5.41) is 14.9. The molecule has 0 aliphatic heterocycles. The van der Waals surface area contributed by atoms with Gasteiger partial charge in [0.15, 0.2) is 0 Å². The Morgan fingerprint density at radius 3 is 2.77 bits per heavy atom. The summed E-state index contributed by atoms with van der Waals surface area (Å²) in [5.41, 5.74) is 5.36. The fourth-order valence-corrected chi connectivity index (χ4v) is 0.986. The highest BCUT2D eigenvalue weighted by molar-refractivity contribution is 6.29. The summed E-state index contributed by atoms with van der Waals surface area (Å²) < 4.78 is 0. The molecule has 76 valence electrons. The lowest BCUT2D eigenvalue weighted by Crippen LogP contribution is -2.33. The van der Waals surface area contributed by atoms with Gasteiger partial charge in [0.1, 0.15) is 5.84 Å². The van der Waals surface area contributed by atoms with Crippen molar-refractivity contribution in [1.82, 2.24) is 5.32 Å². The minimum atomic E-state index is 0.173. The molecule has 0 aliphatic carbocycles. The van der Waals surface area contributed by atoms with E-state index < -0.39 is 0 Å². The van der Waals surface area contributed by atoms with Crippen LogP contribution in [-0.4, -0.2) is 23.6 Å². The van der Waals surface area contributed by atoms with Crippen LogP contribution in [0.3, 0.4) is 0 Å². The second kappa shape index (κ2) is 6.74. The van der Waals surface area contributed by atoms with Gasteiger partial charge in [-0.2, -0.15) is 0 Å². The first-order valence-electron chi connectivity index (χ1n) is 4.13. The normalized spacial score (nSPS) is 14.2. The summed E-state index contributed by atoms with van der Waals surface area (Å²) in [6.45, 7) is 6.11. The van der Waals surface area contributed by atoms with Gasteiger partial charge >= 0.3 is 0 Å². The van der Waals surface area contributed by atoms with Crippen LogP contribution in [0.15, 0.2) is 16.8 Å². The molecule has 4 N–H and O–H groups in total. The quantitative estimate of drug-likeness (QED) is 0.265. The second-order valence-corrected chi connectivity index (χ2v) is 3.33. The highest BCUT2D eigenvalue weighted by Gasteiger charge is 2.07. The summed E-state index contributed by atoms with van der Waals surface area (Å²) in [5.74, 6) is 0.222. The van der Waals surface area contributed by atoms with Crippen LogP contribution in [0.25, 0.3) is 0 Å². The summed E-state index contributed by atoms with van der Waals surface area (Å²) in [7, 11) is 0. The van der Waals surface area contributed by atoms with Gasteiger partial charge in [-0.1, -0.05) is 30.3 Å². The predicted molar refractivity (Wildman–Crippen MR) is 55.1 cm³/mol. The van der Waals surface area contributed by atoms with Crippen molar-refractivity contribution >= 4 is 17.4 Å². The number of oxime groups is 1. The number of nitrogens with two attached hydrogens (primary N) is 1. The Kier molecular flexibility index (Phi) is 6.36. The first kappa shape index (κ1) is 12.3. The van der Waals surface area contributed by atoms with Gasteiger partial charge in [-0.25, -0.2) is 0 Å². The Morgan fingerprint density at radius 2 is 2.38 bits per heavy atom. The molecule has 0 aromatic rings. The number of nitrogens with zero attached hydrogens (tertiary/aromatic N) is 1. The van der Waals surface area contributed by atoms with Gasteiger partial charge in [0.05, 0.1) is 0 Å². The van der Waals surface area contributed by atoms with Crippen LogP contribution in [0.2, 0.25) is 0 Å². The molecular weight excluding hydrogens is 190 g/mol.